The van der Waals surface area contributed by atoms with E-state index in [4.69, 9.17) is 21.7 Å². The zero-order valence-corrected chi connectivity index (χ0v) is 11.7. The summed E-state index contributed by atoms with van der Waals surface area (Å²) in [6.45, 7) is -1.12. The Morgan fingerprint density at radius 2 is 1.76 bits per heavy atom. The number of carbonyl (C=O) groups is 2. The number of nitrogens with two attached hydrogens (primary N) is 2. The zero-order chi connectivity index (χ0) is 16.4. The number of rotatable bonds is 11. The third kappa shape index (κ3) is 7.46. The lowest BCUT2D eigenvalue weighted by atomic mass is 10.1. The van der Waals surface area contributed by atoms with Crippen molar-refractivity contribution in [3.8, 4) is 0 Å². The molecule has 21 heavy (non-hydrogen) atoms. The molecule has 0 aromatic carbocycles. The molecule has 0 heterocycles. The number of ketones is 1. The smallest absolute Gasteiger partial charge is 0.323 e. The van der Waals surface area contributed by atoms with E-state index in [0.717, 1.165) is 0 Å². The highest BCUT2D eigenvalue weighted by Crippen LogP contribution is 2.04. The second kappa shape index (κ2) is 10.6. The van der Waals surface area contributed by atoms with Crippen LogP contribution in [0.3, 0.4) is 0 Å². The van der Waals surface area contributed by atoms with Gasteiger partial charge in [0, 0.05) is 0 Å². The molecule has 9 nitrogen and oxygen atoms in total. The lowest BCUT2D eigenvalue weighted by molar-refractivity contribution is -0.156. The first-order valence-corrected chi connectivity index (χ1v) is 6.65. The Balaban J connectivity index is 4.14. The van der Waals surface area contributed by atoms with Crippen LogP contribution >= 0.6 is 0 Å². The van der Waals surface area contributed by atoms with Gasteiger partial charge in [0.05, 0.1) is 6.61 Å². The van der Waals surface area contributed by atoms with E-state index in [2.05, 4.69) is 4.74 Å². The van der Waals surface area contributed by atoms with Crippen molar-refractivity contribution >= 4 is 11.8 Å². The van der Waals surface area contributed by atoms with Gasteiger partial charge in [-0.1, -0.05) is 6.42 Å². The van der Waals surface area contributed by atoms with Crippen LogP contribution in [0.2, 0.25) is 0 Å². The normalized spacial score (nSPS) is 16.9. The molecule has 0 saturated carbocycles. The molecule has 8 N–H and O–H groups in total. The zero-order valence-electron chi connectivity index (χ0n) is 11.7. The largest absolute Gasteiger partial charge is 0.456 e. The molecule has 0 fully saturated rings. The fourth-order valence-corrected chi connectivity index (χ4v) is 1.47. The first-order valence-electron chi connectivity index (χ1n) is 6.65. The predicted octanol–water partition coefficient (Wildman–Crippen LogP) is -3.37. The van der Waals surface area contributed by atoms with Gasteiger partial charge in [0.1, 0.15) is 24.4 Å². The number of hydrogen-bond donors (Lipinski definition) is 6. The first kappa shape index (κ1) is 19.9. The second-order valence-electron chi connectivity index (χ2n) is 4.65. The van der Waals surface area contributed by atoms with Gasteiger partial charge < -0.3 is 36.6 Å². The van der Waals surface area contributed by atoms with E-state index in [1.54, 1.807) is 0 Å². The molecule has 124 valence electrons. The summed E-state index contributed by atoms with van der Waals surface area (Å²) in [5.41, 5.74) is 10.8. The van der Waals surface area contributed by atoms with Crippen molar-refractivity contribution in [1.29, 1.82) is 0 Å². The molecule has 0 spiro atoms. The Kier molecular flexibility index (Phi) is 10.0. The molecule has 0 aromatic heterocycles. The maximum absolute atomic E-state index is 11.5. The van der Waals surface area contributed by atoms with Gasteiger partial charge >= 0.3 is 5.97 Å². The molecule has 0 saturated heterocycles. The summed E-state index contributed by atoms with van der Waals surface area (Å²) in [5.74, 6) is -1.80. The van der Waals surface area contributed by atoms with E-state index in [1.165, 1.54) is 0 Å². The van der Waals surface area contributed by atoms with Crippen molar-refractivity contribution in [1.82, 2.24) is 0 Å². The van der Waals surface area contributed by atoms with Crippen LogP contribution in [0, 0.1) is 0 Å². The van der Waals surface area contributed by atoms with Gasteiger partial charge in [0.25, 0.3) is 0 Å². The van der Waals surface area contributed by atoms with Crippen LogP contribution in [0.4, 0.5) is 0 Å². The maximum Gasteiger partial charge on any atom is 0.323 e. The first-order chi connectivity index (χ1) is 9.84. The van der Waals surface area contributed by atoms with Crippen molar-refractivity contribution < 1.29 is 34.8 Å². The molecule has 0 aliphatic rings. The van der Waals surface area contributed by atoms with E-state index in [9.17, 15) is 19.8 Å². The number of esters is 1. The van der Waals surface area contributed by atoms with Gasteiger partial charge in [-0.3, -0.25) is 9.59 Å². The maximum atomic E-state index is 11.5. The van der Waals surface area contributed by atoms with Gasteiger partial charge in [-0.25, -0.2) is 0 Å². The quantitative estimate of drug-likeness (QED) is 0.168. The molecule has 0 rings (SSSR count). The molecule has 0 amide bonds. The molecule has 0 aliphatic carbocycles. The number of unbranched alkanes of at least 4 members (excludes halogenated alkanes) is 1. The minimum absolute atomic E-state index is 0.360. The van der Waals surface area contributed by atoms with Crippen molar-refractivity contribution in [3.05, 3.63) is 0 Å². The van der Waals surface area contributed by atoms with Crippen molar-refractivity contribution in [2.75, 3.05) is 19.8 Å². The number of carbonyl (C=O) groups excluding carboxylic acids is 2. The van der Waals surface area contributed by atoms with Crippen molar-refractivity contribution in [2.45, 2.75) is 43.6 Å². The lowest BCUT2D eigenvalue weighted by Crippen LogP contribution is -2.45. The van der Waals surface area contributed by atoms with Gasteiger partial charge in [0.2, 0.25) is 5.78 Å². The third-order valence-corrected chi connectivity index (χ3v) is 2.86. The van der Waals surface area contributed by atoms with E-state index in [1.807, 2.05) is 0 Å². The van der Waals surface area contributed by atoms with Crippen LogP contribution in [0.1, 0.15) is 19.3 Å². The number of Topliss-reactive ketones (excluding diaryl/α,β-unsaturated/α-hetero) is 1. The topological polar surface area (TPSA) is 176 Å². The fraction of sp³-hybridized carbons (Fsp3) is 0.833. The Bertz CT molecular complexity index is 327. The summed E-state index contributed by atoms with van der Waals surface area (Å²) in [4.78, 5) is 22.9. The van der Waals surface area contributed by atoms with Crippen molar-refractivity contribution in [3.63, 3.8) is 0 Å². The Hall–Kier alpha value is -1.10. The van der Waals surface area contributed by atoms with Crippen LogP contribution in [0.15, 0.2) is 0 Å². The van der Waals surface area contributed by atoms with E-state index >= 15 is 0 Å². The summed E-state index contributed by atoms with van der Waals surface area (Å²) in [7, 11) is 0. The summed E-state index contributed by atoms with van der Waals surface area (Å²) in [6.07, 6.45) is -3.78. The molecular formula is C12H24N2O7. The van der Waals surface area contributed by atoms with Crippen LogP contribution in [0.25, 0.3) is 0 Å². The van der Waals surface area contributed by atoms with Crippen molar-refractivity contribution in [2.24, 2.45) is 11.5 Å². The van der Waals surface area contributed by atoms with Crippen LogP contribution in [0.5, 0.6) is 0 Å². The Morgan fingerprint density at radius 1 is 1.14 bits per heavy atom. The summed E-state index contributed by atoms with van der Waals surface area (Å²) in [6, 6.07) is -0.894. The van der Waals surface area contributed by atoms with Crippen LogP contribution < -0.4 is 11.5 Å². The lowest BCUT2D eigenvalue weighted by Gasteiger charge is -2.20. The second-order valence-corrected chi connectivity index (χ2v) is 4.65. The Labute approximate surface area is 122 Å². The minimum Gasteiger partial charge on any atom is -0.456 e. The SMILES string of the molecule is NCCCC[C@H](N)C(=O)OCC(=O)C(O)[C@H](O)[C@H](O)CO. The van der Waals surface area contributed by atoms with E-state index < -0.39 is 49.3 Å². The summed E-state index contributed by atoms with van der Waals surface area (Å²) >= 11 is 0. The monoisotopic (exact) mass is 308 g/mol. The highest BCUT2D eigenvalue weighted by molar-refractivity contribution is 5.87. The molecular weight excluding hydrogens is 284 g/mol. The molecule has 0 radical (unpaired) electrons. The summed E-state index contributed by atoms with van der Waals surface area (Å²) in [5, 5.41) is 36.4. The number of aliphatic hydroxyl groups is 4. The Morgan fingerprint density at radius 3 is 2.29 bits per heavy atom. The number of hydrogen-bond acceptors (Lipinski definition) is 9. The minimum atomic E-state index is -1.96. The molecule has 0 aliphatic heterocycles. The standard InChI is InChI=1S/C12H24N2O7/c13-4-2-1-3-7(14)12(20)21-6-9(17)11(19)10(18)8(16)5-15/h7-8,10-11,15-16,18-19H,1-6,13-14H2/t7-,8+,10+,11?/m0/s1. The highest BCUT2D eigenvalue weighted by Gasteiger charge is 2.30. The molecule has 9 heteroatoms. The van der Waals surface area contributed by atoms with Gasteiger partial charge in [-0.15, -0.1) is 0 Å². The number of ether oxygens (including phenoxy) is 1. The number of aliphatic hydroxyl groups excluding tert-OH is 4. The summed E-state index contributed by atoms with van der Waals surface area (Å²) < 4.78 is 4.62. The van der Waals surface area contributed by atoms with E-state index in [0.29, 0.717) is 25.8 Å². The highest BCUT2D eigenvalue weighted by atomic mass is 16.5. The third-order valence-electron chi connectivity index (χ3n) is 2.86. The van der Waals surface area contributed by atoms with Crippen LogP contribution in [-0.4, -0.2) is 76.3 Å². The van der Waals surface area contributed by atoms with Gasteiger partial charge in [-0.2, -0.15) is 0 Å². The van der Waals surface area contributed by atoms with Crippen LogP contribution in [-0.2, 0) is 14.3 Å². The predicted molar refractivity (Wildman–Crippen MR) is 72.0 cm³/mol. The van der Waals surface area contributed by atoms with Gasteiger partial charge in [0.15, 0.2) is 6.61 Å². The molecule has 0 aromatic rings. The fourth-order valence-electron chi connectivity index (χ4n) is 1.47. The van der Waals surface area contributed by atoms with Gasteiger partial charge in [-0.05, 0) is 19.4 Å². The molecule has 4 atom stereocenters. The average Bonchev–Trinajstić information content (AvgIpc) is 2.49. The van der Waals surface area contributed by atoms with E-state index in [-0.39, 0.29) is 0 Å². The molecule has 0 bridgehead atoms. The average molecular weight is 308 g/mol. The molecule has 1 unspecified atom stereocenters.